The number of aromatic amines is 1. The van der Waals surface area contributed by atoms with E-state index in [-0.39, 0.29) is 17.3 Å². The number of nitrogens with zero attached hydrogens (tertiary/aromatic N) is 2. The third-order valence-corrected chi connectivity index (χ3v) is 5.38. The van der Waals surface area contributed by atoms with Crippen molar-refractivity contribution in [3.05, 3.63) is 88.9 Å². The Bertz CT molecular complexity index is 1380. The van der Waals surface area contributed by atoms with Crippen molar-refractivity contribution in [3.8, 4) is 11.1 Å². The van der Waals surface area contributed by atoms with Crippen LogP contribution in [0.3, 0.4) is 0 Å². The Morgan fingerprint density at radius 1 is 1.07 bits per heavy atom. The SMILES string of the molecule is CC1C=CC(F)=C(c2cc(-c3cccc4c(=O)[nH]ccc34)c3cccnc3n2)C1. The molecule has 142 valence electrons. The normalized spacial score (nSPS) is 16.7. The Morgan fingerprint density at radius 2 is 1.93 bits per heavy atom. The van der Waals surface area contributed by atoms with Crippen molar-refractivity contribution < 1.29 is 4.39 Å². The Labute approximate surface area is 166 Å². The molecular weight excluding hydrogens is 365 g/mol. The van der Waals surface area contributed by atoms with Gasteiger partial charge < -0.3 is 4.98 Å². The molecule has 0 saturated carbocycles. The maximum atomic E-state index is 14.6. The van der Waals surface area contributed by atoms with Gasteiger partial charge in [0.05, 0.1) is 5.69 Å². The first-order chi connectivity index (χ1) is 14.1. The maximum absolute atomic E-state index is 14.6. The molecule has 0 radical (unpaired) electrons. The van der Waals surface area contributed by atoms with E-state index in [1.807, 2.05) is 42.5 Å². The molecule has 3 heterocycles. The highest BCUT2D eigenvalue weighted by Gasteiger charge is 2.19. The van der Waals surface area contributed by atoms with Crippen LogP contribution in [-0.2, 0) is 0 Å². The van der Waals surface area contributed by atoms with Crippen molar-refractivity contribution in [2.45, 2.75) is 13.3 Å². The van der Waals surface area contributed by atoms with Crippen LogP contribution in [0.4, 0.5) is 4.39 Å². The number of aromatic nitrogens is 3. The van der Waals surface area contributed by atoms with Crippen molar-refractivity contribution in [2.24, 2.45) is 5.92 Å². The fourth-order valence-corrected chi connectivity index (χ4v) is 3.95. The summed E-state index contributed by atoms with van der Waals surface area (Å²) in [6.07, 6.45) is 7.31. The fraction of sp³-hybridized carbons (Fsp3) is 0.125. The maximum Gasteiger partial charge on any atom is 0.255 e. The third kappa shape index (κ3) is 2.95. The van der Waals surface area contributed by atoms with E-state index in [4.69, 9.17) is 0 Å². The largest absolute Gasteiger partial charge is 0.329 e. The van der Waals surface area contributed by atoms with E-state index in [9.17, 15) is 9.18 Å². The highest BCUT2D eigenvalue weighted by Crippen LogP contribution is 2.37. The number of allylic oxidation sites excluding steroid dienone is 4. The molecule has 1 unspecified atom stereocenters. The molecule has 4 aromatic rings. The third-order valence-electron chi connectivity index (χ3n) is 5.38. The molecule has 3 aromatic heterocycles. The van der Waals surface area contributed by atoms with Crippen molar-refractivity contribution >= 4 is 27.4 Å². The number of pyridine rings is 3. The minimum Gasteiger partial charge on any atom is -0.329 e. The Kier molecular flexibility index (Phi) is 4.09. The van der Waals surface area contributed by atoms with Crippen molar-refractivity contribution in [1.29, 1.82) is 0 Å². The summed E-state index contributed by atoms with van der Waals surface area (Å²) < 4.78 is 14.6. The smallest absolute Gasteiger partial charge is 0.255 e. The van der Waals surface area contributed by atoms with Crippen molar-refractivity contribution in [1.82, 2.24) is 15.0 Å². The minimum absolute atomic E-state index is 0.138. The first-order valence-corrected chi connectivity index (χ1v) is 9.55. The molecule has 0 amide bonds. The predicted octanol–water partition coefficient (Wildman–Crippen LogP) is 5.41. The number of fused-ring (bicyclic) bond motifs is 2. The van der Waals surface area contributed by atoms with Gasteiger partial charge in [-0.25, -0.2) is 14.4 Å². The van der Waals surface area contributed by atoms with Gasteiger partial charge in [-0.05, 0) is 65.3 Å². The Balaban J connectivity index is 1.85. The zero-order chi connectivity index (χ0) is 20.0. The number of hydrogen-bond donors (Lipinski definition) is 1. The van der Waals surface area contributed by atoms with Gasteiger partial charge in [0, 0.05) is 28.7 Å². The average Bonchev–Trinajstić information content (AvgIpc) is 2.75. The van der Waals surface area contributed by atoms with E-state index in [1.54, 1.807) is 18.5 Å². The molecule has 1 aliphatic carbocycles. The lowest BCUT2D eigenvalue weighted by Crippen LogP contribution is -2.05. The molecule has 0 spiro atoms. The highest BCUT2D eigenvalue weighted by molar-refractivity contribution is 6.04. The lowest BCUT2D eigenvalue weighted by Gasteiger charge is -2.17. The Morgan fingerprint density at radius 3 is 2.83 bits per heavy atom. The van der Waals surface area contributed by atoms with E-state index in [0.717, 1.165) is 21.9 Å². The molecule has 0 fully saturated rings. The lowest BCUT2D eigenvalue weighted by atomic mass is 9.90. The summed E-state index contributed by atoms with van der Waals surface area (Å²) in [5, 5.41) is 2.31. The molecule has 1 aromatic carbocycles. The van der Waals surface area contributed by atoms with Crippen molar-refractivity contribution in [2.75, 3.05) is 0 Å². The zero-order valence-corrected chi connectivity index (χ0v) is 15.8. The van der Waals surface area contributed by atoms with Gasteiger partial charge in [-0.3, -0.25) is 4.79 Å². The minimum atomic E-state index is -0.258. The second kappa shape index (κ2) is 6.78. The summed E-state index contributed by atoms with van der Waals surface area (Å²) >= 11 is 0. The number of rotatable bonds is 2. The number of hydrogen-bond acceptors (Lipinski definition) is 3. The van der Waals surface area contributed by atoms with E-state index in [2.05, 4.69) is 21.9 Å². The van der Waals surface area contributed by atoms with Gasteiger partial charge in [0.2, 0.25) is 0 Å². The first-order valence-electron chi connectivity index (χ1n) is 9.55. The first kappa shape index (κ1) is 17.5. The van der Waals surface area contributed by atoms with Crippen LogP contribution in [0.15, 0.2) is 77.6 Å². The van der Waals surface area contributed by atoms with Crippen molar-refractivity contribution in [3.63, 3.8) is 0 Å². The van der Waals surface area contributed by atoms with Crippen LogP contribution in [0, 0.1) is 5.92 Å². The molecular formula is C24H18FN3O. The molecule has 29 heavy (non-hydrogen) atoms. The van der Waals surface area contributed by atoms with E-state index < -0.39 is 0 Å². The van der Waals surface area contributed by atoms with Gasteiger partial charge in [0.1, 0.15) is 5.83 Å². The van der Waals surface area contributed by atoms with Crippen LogP contribution in [-0.4, -0.2) is 15.0 Å². The quantitative estimate of drug-likeness (QED) is 0.503. The van der Waals surface area contributed by atoms with Crippen LogP contribution in [0.1, 0.15) is 19.0 Å². The fourth-order valence-electron chi connectivity index (χ4n) is 3.95. The van der Waals surface area contributed by atoms with E-state index in [1.165, 1.54) is 6.08 Å². The zero-order valence-electron chi connectivity index (χ0n) is 15.8. The standard InChI is InChI=1S/C24H18FN3O/c1-14-7-8-21(25)20(12-14)22-13-19(17-6-3-10-26-23(17)28-22)15-4-2-5-18-16(15)9-11-27-24(18)29/h2-11,13-14H,12H2,1H3,(H,27,29). The molecule has 1 atom stereocenters. The summed E-state index contributed by atoms with van der Waals surface area (Å²) in [5.41, 5.74) is 3.38. The summed E-state index contributed by atoms with van der Waals surface area (Å²) in [6, 6.07) is 13.3. The number of nitrogens with one attached hydrogen (secondary N) is 1. The summed E-state index contributed by atoms with van der Waals surface area (Å²) in [7, 11) is 0. The Hall–Kier alpha value is -3.60. The van der Waals surface area contributed by atoms with Crippen LogP contribution in [0.5, 0.6) is 0 Å². The molecule has 5 rings (SSSR count). The van der Waals surface area contributed by atoms with E-state index in [0.29, 0.717) is 28.7 Å². The van der Waals surface area contributed by atoms with Gasteiger partial charge >= 0.3 is 0 Å². The summed E-state index contributed by atoms with van der Waals surface area (Å²) in [5.74, 6) is -0.0171. The van der Waals surface area contributed by atoms with Crippen LogP contribution in [0.25, 0.3) is 38.5 Å². The number of H-pyrrole nitrogens is 1. The molecule has 1 N–H and O–H groups in total. The van der Waals surface area contributed by atoms with Gasteiger partial charge in [-0.15, -0.1) is 0 Å². The highest BCUT2D eigenvalue weighted by atomic mass is 19.1. The average molecular weight is 383 g/mol. The molecule has 0 saturated heterocycles. The number of benzene rings is 1. The summed E-state index contributed by atoms with van der Waals surface area (Å²) in [4.78, 5) is 24.1. The number of halogens is 1. The monoisotopic (exact) mass is 383 g/mol. The van der Waals surface area contributed by atoms with Gasteiger partial charge in [-0.1, -0.05) is 25.1 Å². The second-order valence-corrected chi connectivity index (χ2v) is 7.37. The predicted molar refractivity (Wildman–Crippen MR) is 114 cm³/mol. The van der Waals surface area contributed by atoms with Crippen LogP contribution < -0.4 is 5.56 Å². The molecule has 0 bridgehead atoms. The molecule has 1 aliphatic rings. The summed E-state index contributed by atoms with van der Waals surface area (Å²) in [6.45, 7) is 2.06. The lowest BCUT2D eigenvalue weighted by molar-refractivity contribution is 0.634. The van der Waals surface area contributed by atoms with E-state index >= 15 is 0 Å². The molecule has 0 aliphatic heterocycles. The second-order valence-electron chi connectivity index (χ2n) is 7.37. The topological polar surface area (TPSA) is 58.6 Å². The van der Waals surface area contributed by atoms with Crippen LogP contribution in [0.2, 0.25) is 0 Å². The van der Waals surface area contributed by atoms with Gasteiger partial charge in [0.15, 0.2) is 5.65 Å². The van der Waals surface area contributed by atoms with Gasteiger partial charge in [0.25, 0.3) is 5.56 Å². The van der Waals surface area contributed by atoms with Crippen LogP contribution >= 0.6 is 0 Å². The molecule has 4 nitrogen and oxygen atoms in total. The van der Waals surface area contributed by atoms with Gasteiger partial charge in [-0.2, -0.15) is 0 Å². The molecule has 5 heteroatoms.